The average Bonchev–Trinajstić information content (AvgIpc) is 2.65. The first-order chi connectivity index (χ1) is 13.5. The maximum Gasteiger partial charge on any atom is 0.335 e. The summed E-state index contributed by atoms with van der Waals surface area (Å²) in [4.78, 5) is 34.8. The Kier molecular flexibility index (Phi) is 8.78. The van der Waals surface area contributed by atoms with Gasteiger partial charge in [0.25, 0.3) is 0 Å². The van der Waals surface area contributed by atoms with Gasteiger partial charge in [-0.2, -0.15) is 0 Å². The maximum atomic E-state index is 12.0. The average molecular weight is 389 g/mol. The highest BCUT2D eigenvalue weighted by molar-refractivity contribution is 5.93. The molecule has 1 fully saturated rings. The lowest BCUT2D eigenvalue weighted by atomic mass is 9.96. The second-order valence-electron chi connectivity index (χ2n) is 7.43. The van der Waals surface area contributed by atoms with Gasteiger partial charge in [0.05, 0.1) is 5.56 Å². The van der Waals surface area contributed by atoms with E-state index in [1.54, 1.807) is 19.1 Å². The SMILES string of the molecule is Cc1cc(NC(=O)CCCCCNC(=O)NC2CCCCC2)ccc1C(=O)O. The molecule has 3 amide bonds. The number of amides is 3. The summed E-state index contributed by atoms with van der Waals surface area (Å²) in [6.45, 7) is 2.31. The molecule has 1 aliphatic carbocycles. The molecule has 28 heavy (non-hydrogen) atoms. The Hall–Kier alpha value is -2.57. The van der Waals surface area contributed by atoms with Crippen molar-refractivity contribution in [2.75, 3.05) is 11.9 Å². The predicted octanol–water partition coefficient (Wildman–Crippen LogP) is 3.82. The second kappa shape index (κ2) is 11.3. The Morgan fingerprint density at radius 3 is 2.50 bits per heavy atom. The largest absolute Gasteiger partial charge is 0.478 e. The van der Waals surface area contributed by atoms with E-state index in [0.717, 1.165) is 32.1 Å². The number of carbonyl (C=O) groups excluding carboxylic acids is 2. The van der Waals surface area contributed by atoms with Gasteiger partial charge in [-0.1, -0.05) is 25.7 Å². The molecular formula is C21H31N3O4. The molecule has 1 aromatic rings. The zero-order valence-electron chi connectivity index (χ0n) is 16.6. The summed E-state index contributed by atoms with van der Waals surface area (Å²) in [7, 11) is 0. The molecule has 7 nitrogen and oxygen atoms in total. The number of hydrogen-bond donors (Lipinski definition) is 4. The first-order valence-electron chi connectivity index (χ1n) is 10.1. The van der Waals surface area contributed by atoms with Gasteiger partial charge in [0.15, 0.2) is 0 Å². The van der Waals surface area contributed by atoms with Crippen molar-refractivity contribution in [3.05, 3.63) is 29.3 Å². The molecule has 0 atom stereocenters. The highest BCUT2D eigenvalue weighted by Crippen LogP contribution is 2.17. The van der Waals surface area contributed by atoms with Gasteiger partial charge in [-0.3, -0.25) is 4.79 Å². The zero-order valence-corrected chi connectivity index (χ0v) is 16.6. The Labute approximate surface area is 166 Å². The van der Waals surface area contributed by atoms with Crippen LogP contribution in [0.1, 0.15) is 73.7 Å². The van der Waals surface area contributed by atoms with Gasteiger partial charge in [0.2, 0.25) is 5.91 Å². The van der Waals surface area contributed by atoms with Crippen LogP contribution in [0.5, 0.6) is 0 Å². The summed E-state index contributed by atoms with van der Waals surface area (Å²) < 4.78 is 0. The Morgan fingerprint density at radius 2 is 1.82 bits per heavy atom. The minimum absolute atomic E-state index is 0.0922. The Balaban J connectivity index is 1.55. The number of carboxylic acids is 1. The van der Waals surface area contributed by atoms with Gasteiger partial charge in [-0.05, 0) is 56.4 Å². The number of benzene rings is 1. The molecular weight excluding hydrogens is 358 g/mol. The molecule has 0 heterocycles. The number of carbonyl (C=O) groups is 3. The van der Waals surface area contributed by atoms with Crippen LogP contribution in [0, 0.1) is 6.92 Å². The summed E-state index contributed by atoms with van der Waals surface area (Å²) in [5.41, 5.74) is 1.45. The molecule has 0 aromatic heterocycles. The van der Waals surface area contributed by atoms with Gasteiger partial charge in [-0.15, -0.1) is 0 Å². The van der Waals surface area contributed by atoms with Crippen molar-refractivity contribution < 1.29 is 19.5 Å². The van der Waals surface area contributed by atoms with Gasteiger partial charge >= 0.3 is 12.0 Å². The third-order valence-electron chi connectivity index (χ3n) is 5.05. The van der Waals surface area contributed by atoms with E-state index in [1.165, 1.54) is 25.3 Å². The fourth-order valence-corrected chi connectivity index (χ4v) is 3.48. The quantitative estimate of drug-likeness (QED) is 0.482. The summed E-state index contributed by atoms with van der Waals surface area (Å²) in [6.07, 6.45) is 8.61. The number of nitrogens with one attached hydrogen (secondary N) is 3. The number of rotatable bonds is 9. The number of aromatic carboxylic acids is 1. The molecule has 0 radical (unpaired) electrons. The smallest absolute Gasteiger partial charge is 0.335 e. The van der Waals surface area contributed by atoms with Gasteiger partial charge < -0.3 is 21.1 Å². The molecule has 1 aromatic carbocycles. The van der Waals surface area contributed by atoms with Crippen LogP contribution in [-0.4, -0.2) is 35.6 Å². The fraction of sp³-hybridized carbons (Fsp3) is 0.571. The van der Waals surface area contributed by atoms with Gasteiger partial charge in [0.1, 0.15) is 0 Å². The third-order valence-corrected chi connectivity index (χ3v) is 5.05. The van der Waals surface area contributed by atoms with E-state index in [2.05, 4.69) is 16.0 Å². The van der Waals surface area contributed by atoms with Crippen molar-refractivity contribution in [3.63, 3.8) is 0 Å². The molecule has 0 aliphatic heterocycles. The van der Waals surface area contributed by atoms with Crippen LogP contribution in [0.4, 0.5) is 10.5 Å². The summed E-state index contributed by atoms with van der Waals surface area (Å²) >= 11 is 0. The number of hydrogen-bond acceptors (Lipinski definition) is 3. The lowest BCUT2D eigenvalue weighted by Crippen LogP contribution is -2.43. The fourth-order valence-electron chi connectivity index (χ4n) is 3.48. The number of urea groups is 1. The number of unbranched alkanes of at least 4 members (excludes halogenated alkanes) is 2. The molecule has 0 bridgehead atoms. The van der Waals surface area contributed by atoms with Crippen LogP contribution >= 0.6 is 0 Å². The van der Waals surface area contributed by atoms with Gasteiger partial charge in [-0.25, -0.2) is 9.59 Å². The third kappa shape index (κ3) is 7.58. The van der Waals surface area contributed by atoms with E-state index < -0.39 is 5.97 Å². The summed E-state index contributed by atoms with van der Waals surface area (Å²) in [6, 6.07) is 4.98. The lowest BCUT2D eigenvalue weighted by molar-refractivity contribution is -0.116. The van der Waals surface area contributed by atoms with Crippen LogP contribution in [0.2, 0.25) is 0 Å². The molecule has 1 aliphatic rings. The zero-order chi connectivity index (χ0) is 20.4. The molecule has 0 unspecified atom stereocenters. The molecule has 4 N–H and O–H groups in total. The van der Waals surface area contributed by atoms with E-state index >= 15 is 0 Å². The van der Waals surface area contributed by atoms with E-state index in [-0.39, 0.29) is 17.5 Å². The van der Waals surface area contributed by atoms with Crippen molar-refractivity contribution in [2.45, 2.75) is 70.8 Å². The Morgan fingerprint density at radius 1 is 1.07 bits per heavy atom. The lowest BCUT2D eigenvalue weighted by Gasteiger charge is -2.22. The molecule has 7 heteroatoms. The molecule has 2 rings (SSSR count). The van der Waals surface area contributed by atoms with Crippen molar-refractivity contribution in [3.8, 4) is 0 Å². The normalized spacial score (nSPS) is 14.3. The highest BCUT2D eigenvalue weighted by Gasteiger charge is 2.15. The van der Waals surface area contributed by atoms with Crippen molar-refractivity contribution in [2.24, 2.45) is 0 Å². The minimum Gasteiger partial charge on any atom is -0.478 e. The van der Waals surface area contributed by atoms with Crippen LogP contribution < -0.4 is 16.0 Å². The van der Waals surface area contributed by atoms with Crippen molar-refractivity contribution in [1.82, 2.24) is 10.6 Å². The van der Waals surface area contributed by atoms with Gasteiger partial charge in [0, 0.05) is 24.7 Å². The van der Waals surface area contributed by atoms with Crippen LogP contribution in [0.3, 0.4) is 0 Å². The van der Waals surface area contributed by atoms with E-state index in [1.807, 2.05) is 0 Å². The number of carboxylic acid groups (broad SMARTS) is 1. The van der Waals surface area contributed by atoms with Crippen LogP contribution in [0.25, 0.3) is 0 Å². The Bertz CT molecular complexity index is 684. The minimum atomic E-state index is -0.976. The standard InChI is InChI=1S/C21H31N3O4/c1-15-14-17(11-12-18(15)20(26)27)23-19(25)10-6-3-7-13-22-21(28)24-16-8-4-2-5-9-16/h11-12,14,16H,2-10,13H2,1H3,(H,23,25)(H,26,27)(H2,22,24,28). The topological polar surface area (TPSA) is 108 Å². The molecule has 0 spiro atoms. The monoisotopic (exact) mass is 389 g/mol. The van der Waals surface area contributed by atoms with E-state index in [0.29, 0.717) is 30.3 Å². The van der Waals surface area contributed by atoms with Crippen LogP contribution in [0.15, 0.2) is 18.2 Å². The first kappa shape index (κ1) is 21.7. The highest BCUT2D eigenvalue weighted by atomic mass is 16.4. The molecule has 1 saturated carbocycles. The van der Waals surface area contributed by atoms with Crippen molar-refractivity contribution in [1.29, 1.82) is 0 Å². The molecule has 0 saturated heterocycles. The van der Waals surface area contributed by atoms with Crippen LogP contribution in [-0.2, 0) is 4.79 Å². The van der Waals surface area contributed by atoms with E-state index in [9.17, 15) is 14.4 Å². The number of aryl methyl sites for hydroxylation is 1. The maximum absolute atomic E-state index is 12.0. The first-order valence-corrected chi connectivity index (χ1v) is 10.1. The molecule has 154 valence electrons. The second-order valence-corrected chi connectivity index (χ2v) is 7.43. The summed E-state index contributed by atoms with van der Waals surface area (Å²) in [5.74, 6) is -1.07. The van der Waals surface area contributed by atoms with Crippen molar-refractivity contribution >= 4 is 23.6 Å². The predicted molar refractivity (Wildman–Crippen MR) is 109 cm³/mol. The van der Waals surface area contributed by atoms with E-state index in [4.69, 9.17) is 5.11 Å². The number of anilines is 1. The summed E-state index contributed by atoms with van der Waals surface area (Å²) in [5, 5.41) is 17.7.